The molecule has 0 saturated heterocycles. The summed E-state index contributed by atoms with van der Waals surface area (Å²) in [5.41, 5.74) is 2.19. The summed E-state index contributed by atoms with van der Waals surface area (Å²) < 4.78 is 33.9. The molecule has 3 heterocycles. The predicted octanol–water partition coefficient (Wildman–Crippen LogP) is 1.27. The van der Waals surface area contributed by atoms with Crippen molar-refractivity contribution in [1.29, 1.82) is 0 Å². The Hall–Kier alpha value is -2.79. The van der Waals surface area contributed by atoms with E-state index >= 15 is 0 Å². The summed E-state index contributed by atoms with van der Waals surface area (Å²) in [6, 6.07) is 3.71. The van der Waals surface area contributed by atoms with E-state index in [1.165, 1.54) is 6.33 Å². The number of rotatable bonds is 7. The third-order valence-corrected chi connectivity index (χ3v) is 5.54. The Kier molecular flexibility index (Phi) is 5.24. The SMILES string of the molecule is Cc1cc(C)n(-c2cc(NCCNS(=O)(=O)c3c(C)noc3C)ncn2)n1. The highest BCUT2D eigenvalue weighted by atomic mass is 32.2. The van der Waals surface area contributed by atoms with Gasteiger partial charge in [-0.05, 0) is 33.8 Å². The van der Waals surface area contributed by atoms with Crippen LogP contribution in [0.3, 0.4) is 0 Å². The Balaban J connectivity index is 1.61. The van der Waals surface area contributed by atoms with Crippen LogP contribution < -0.4 is 10.0 Å². The summed E-state index contributed by atoms with van der Waals surface area (Å²) in [5, 5.41) is 11.1. The van der Waals surface area contributed by atoms with Crippen molar-refractivity contribution in [2.75, 3.05) is 18.4 Å². The molecule has 3 aromatic heterocycles. The molecule has 0 radical (unpaired) electrons. The Bertz CT molecular complexity index is 1040. The van der Waals surface area contributed by atoms with Crippen molar-refractivity contribution in [1.82, 2.24) is 29.6 Å². The molecule has 2 N–H and O–H groups in total. The third kappa shape index (κ3) is 4.14. The first-order chi connectivity index (χ1) is 12.8. The standard InChI is InChI=1S/C16H21N7O3S/c1-10-7-11(2)23(21-10)15-8-14(18-9-19-15)17-5-6-20-27(24,25)16-12(3)22-26-13(16)4/h7-9,20H,5-6H2,1-4H3,(H,17,18,19). The van der Waals surface area contributed by atoms with Crippen LogP contribution in [0.5, 0.6) is 0 Å². The van der Waals surface area contributed by atoms with Crippen LogP contribution in [0.25, 0.3) is 5.82 Å². The molecule has 0 amide bonds. The molecule has 10 nitrogen and oxygen atoms in total. The zero-order valence-corrected chi connectivity index (χ0v) is 16.3. The van der Waals surface area contributed by atoms with Crippen molar-refractivity contribution < 1.29 is 12.9 Å². The highest BCUT2D eigenvalue weighted by Gasteiger charge is 2.23. The van der Waals surface area contributed by atoms with Crippen LogP contribution in [0.4, 0.5) is 5.82 Å². The molecular weight excluding hydrogens is 370 g/mol. The van der Waals surface area contributed by atoms with Crippen LogP contribution in [0.15, 0.2) is 27.9 Å². The van der Waals surface area contributed by atoms with Crippen LogP contribution in [0.2, 0.25) is 0 Å². The summed E-state index contributed by atoms with van der Waals surface area (Å²) in [6.07, 6.45) is 1.43. The van der Waals surface area contributed by atoms with E-state index in [-0.39, 0.29) is 17.2 Å². The number of anilines is 1. The molecular formula is C16H21N7O3S. The van der Waals surface area contributed by atoms with Gasteiger partial charge in [-0.15, -0.1) is 0 Å². The molecule has 0 aliphatic rings. The second-order valence-corrected chi connectivity index (χ2v) is 7.78. The number of aryl methyl sites for hydroxylation is 4. The second kappa shape index (κ2) is 7.45. The van der Waals surface area contributed by atoms with Gasteiger partial charge in [0.2, 0.25) is 10.0 Å². The van der Waals surface area contributed by atoms with E-state index in [0.717, 1.165) is 11.4 Å². The van der Waals surface area contributed by atoms with Gasteiger partial charge < -0.3 is 9.84 Å². The molecule has 144 valence electrons. The van der Waals surface area contributed by atoms with Crippen molar-refractivity contribution in [3.8, 4) is 5.82 Å². The van der Waals surface area contributed by atoms with Gasteiger partial charge in [-0.3, -0.25) is 0 Å². The number of nitrogens with zero attached hydrogens (tertiary/aromatic N) is 5. The number of hydrogen-bond donors (Lipinski definition) is 2. The molecule has 11 heteroatoms. The Labute approximate surface area is 157 Å². The zero-order valence-electron chi connectivity index (χ0n) is 15.5. The third-order valence-electron chi connectivity index (χ3n) is 3.84. The maximum atomic E-state index is 12.3. The monoisotopic (exact) mass is 391 g/mol. The fourth-order valence-corrected chi connectivity index (χ4v) is 4.08. The van der Waals surface area contributed by atoms with Gasteiger partial charge in [0.25, 0.3) is 0 Å². The summed E-state index contributed by atoms with van der Waals surface area (Å²) in [6.45, 7) is 7.52. The minimum Gasteiger partial charge on any atom is -0.369 e. The number of nitrogens with one attached hydrogen (secondary N) is 2. The zero-order chi connectivity index (χ0) is 19.6. The molecule has 0 bridgehead atoms. The largest absolute Gasteiger partial charge is 0.369 e. The number of aromatic nitrogens is 5. The van der Waals surface area contributed by atoms with E-state index in [9.17, 15) is 8.42 Å². The van der Waals surface area contributed by atoms with E-state index < -0.39 is 10.0 Å². The lowest BCUT2D eigenvalue weighted by Gasteiger charge is -2.09. The summed E-state index contributed by atoms with van der Waals surface area (Å²) >= 11 is 0. The molecule has 0 aliphatic heterocycles. The Morgan fingerprint density at radius 3 is 2.52 bits per heavy atom. The van der Waals surface area contributed by atoms with Crippen molar-refractivity contribution in [3.05, 3.63) is 41.3 Å². The quantitative estimate of drug-likeness (QED) is 0.576. The van der Waals surface area contributed by atoms with Crippen LogP contribution in [0, 0.1) is 27.7 Å². The van der Waals surface area contributed by atoms with E-state index in [4.69, 9.17) is 4.52 Å². The fourth-order valence-electron chi connectivity index (χ4n) is 2.73. The first-order valence-corrected chi connectivity index (χ1v) is 9.78. The number of hydrogen-bond acceptors (Lipinski definition) is 8. The van der Waals surface area contributed by atoms with E-state index in [1.54, 1.807) is 24.6 Å². The molecule has 0 aromatic carbocycles. The van der Waals surface area contributed by atoms with Gasteiger partial charge in [0, 0.05) is 24.8 Å². The summed E-state index contributed by atoms with van der Waals surface area (Å²) in [4.78, 5) is 8.45. The number of sulfonamides is 1. The average molecular weight is 391 g/mol. The summed E-state index contributed by atoms with van der Waals surface area (Å²) in [7, 11) is -3.68. The fraction of sp³-hybridized carbons (Fsp3) is 0.375. The molecule has 0 saturated carbocycles. The summed E-state index contributed by atoms with van der Waals surface area (Å²) in [5.74, 6) is 1.47. The Morgan fingerprint density at radius 1 is 1.11 bits per heavy atom. The lowest BCUT2D eigenvalue weighted by Crippen LogP contribution is -2.29. The lowest BCUT2D eigenvalue weighted by atomic mass is 10.4. The highest BCUT2D eigenvalue weighted by Crippen LogP contribution is 2.18. The van der Waals surface area contributed by atoms with Crippen LogP contribution in [0.1, 0.15) is 22.8 Å². The van der Waals surface area contributed by atoms with Gasteiger partial charge in [0.05, 0.1) is 5.69 Å². The molecule has 0 fully saturated rings. The maximum absolute atomic E-state index is 12.3. The van der Waals surface area contributed by atoms with Crippen molar-refractivity contribution in [2.24, 2.45) is 0 Å². The van der Waals surface area contributed by atoms with Crippen molar-refractivity contribution >= 4 is 15.8 Å². The molecule has 0 atom stereocenters. The molecule has 3 aromatic rings. The molecule has 27 heavy (non-hydrogen) atoms. The smallest absolute Gasteiger partial charge is 0.246 e. The van der Waals surface area contributed by atoms with E-state index in [1.807, 2.05) is 19.9 Å². The van der Waals surface area contributed by atoms with Gasteiger partial charge in [-0.25, -0.2) is 27.8 Å². The van der Waals surface area contributed by atoms with Crippen molar-refractivity contribution in [2.45, 2.75) is 32.6 Å². The Morgan fingerprint density at radius 2 is 1.89 bits per heavy atom. The minimum atomic E-state index is -3.68. The van der Waals surface area contributed by atoms with Gasteiger partial charge in [0.1, 0.15) is 22.7 Å². The highest BCUT2D eigenvalue weighted by molar-refractivity contribution is 7.89. The van der Waals surface area contributed by atoms with Gasteiger partial charge in [-0.2, -0.15) is 5.10 Å². The normalized spacial score (nSPS) is 11.7. The lowest BCUT2D eigenvalue weighted by molar-refractivity contribution is 0.390. The van der Waals surface area contributed by atoms with E-state index in [2.05, 4.69) is 30.3 Å². The van der Waals surface area contributed by atoms with Crippen LogP contribution in [-0.2, 0) is 10.0 Å². The topological polar surface area (TPSA) is 128 Å². The van der Waals surface area contributed by atoms with Gasteiger partial charge >= 0.3 is 0 Å². The van der Waals surface area contributed by atoms with Gasteiger partial charge in [0.15, 0.2) is 11.6 Å². The minimum absolute atomic E-state index is 0.0800. The molecule has 0 unspecified atom stereocenters. The predicted molar refractivity (Wildman–Crippen MR) is 98.3 cm³/mol. The van der Waals surface area contributed by atoms with Crippen molar-refractivity contribution in [3.63, 3.8) is 0 Å². The first kappa shape index (κ1) is 19.0. The maximum Gasteiger partial charge on any atom is 0.246 e. The van der Waals surface area contributed by atoms with Gasteiger partial charge in [-0.1, -0.05) is 5.16 Å². The van der Waals surface area contributed by atoms with Crippen LogP contribution >= 0.6 is 0 Å². The second-order valence-electron chi connectivity index (χ2n) is 6.08. The molecule has 0 aliphatic carbocycles. The van der Waals surface area contributed by atoms with E-state index in [0.29, 0.717) is 23.9 Å². The first-order valence-electron chi connectivity index (χ1n) is 8.30. The molecule has 3 rings (SSSR count). The molecule has 0 spiro atoms. The average Bonchev–Trinajstić information content (AvgIpc) is 3.13. The van der Waals surface area contributed by atoms with Crippen LogP contribution in [-0.4, -0.2) is 46.4 Å².